The van der Waals surface area contributed by atoms with Gasteiger partial charge in [-0.1, -0.05) is 36.2 Å². The van der Waals surface area contributed by atoms with Gasteiger partial charge in [0.2, 0.25) is 0 Å². The Morgan fingerprint density at radius 1 is 1.32 bits per heavy atom. The molecule has 1 nitrogen and oxygen atoms in total. The van der Waals surface area contributed by atoms with E-state index in [1.807, 2.05) is 0 Å². The molecule has 0 saturated heterocycles. The zero-order chi connectivity index (χ0) is 14.2. The van der Waals surface area contributed by atoms with Gasteiger partial charge in [0.05, 0.1) is 7.11 Å². The first-order valence-corrected chi connectivity index (χ1v) is 7.45. The molecule has 0 amide bonds. The summed E-state index contributed by atoms with van der Waals surface area (Å²) >= 11 is 3.52. The Labute approximate surface area is 121 Å². The Kier molecular flexibility index (Phi) is 4.19. The molecule has 0 spiro atoms. The monoisotopic (exact) mass is 332 g/mol. The highest BCUT2D eigenvalue weighted by atomic mass is 79.9. The van der Waals surface area contributed by atoms with Gasteiger partial charge in [-0.05, 0) is 24.2 Å². The van der Waals surface area contributed by atoms with Crippen molar-refractivity contribution >= 4 is 15.9 Å². The van der Waals surface area contributed by atoms with Crippen LogP contribution in [0.1, 0.15) is 43.5 Å². The van der Waals surface area contributed by atoms with Crippen molar-refractivity contribution in [2.75, 3.05) is 7.11 Å². The highest BCUT2D eigenvalue weighted by Gasteiger charge is 2.40. The highest BCUT2D eigenvalue weighted by molar-refractivity contribution is 9.09. The molecule has 1 aliphatic rings. The van der Waals surface area contributed by atoms with E-state index in [4.69, 9.17) is 4.74 Å². The summed E-state index contributed by atoms with van der Waals surface area (Å²) in [5.41, 5.74) is 0.230. The number of ether oxygens (including phenoxy) is 1. The molecular weight excluding hydrogens is 314 g/mol. The van der Waals surface area contributed by atoms with Crippen molar-refractivity contribution in [1.82, 2.24) is 0 Å². The zero-order valence-electron chi connectivity index (χ0n) is 11.5. The summed E-state index contributed by atoms with van der Waals surface area (Å²) in [6, 6.07) is 2.49. The van der Waals surface area contributed by atoms with Crippen LogP contribution in [0.15, 0.2) is 12.1 Å². The predicted molar refractivity (Wildman–Crippen MR) is 75.7 cm³/mol. The van der Waals surface area contributed by atoms with Crippen molar-refractivity contribution in [3.05, 3.63) is 29.3 Å². The Bertz CT molecular complexity index is 450. The molecule has 2 unspecified atom stereocenters. The molecule has 1 aromatic carbocycles. The lowest BCUT2D eigenvalue weighted by Gasteiger charge is -2.31. The molecule has 1 saturated carbocycles. The number of alkyl halides is 1. The van der Waals surface area contributed by atoms with Crippen LogP contribution in [0.2, 0.25) is 0 Å². The molecule has 1 aliphatic carbocycles. The third kappa shape index (κ3) is 2.78. The van der Waals surface area contributed by atoms with Crippen molar-refractivity contribution in [2.45, 2.75) is 37.9 Å². The van der Waals surface area contributed by atoms with E-state index in [1.54, 1.807) is 0 Å². The lowest BCUT2D eigenvalue weighted by Crippen LogP contribution is -2.22. The van der Waals surface area contributed by atoms with Gasteiger partial charge in [0.15, 0.2) is 0 Å². The van der Waals surface area contributed by atoms with Crippen molar-refractivity contribution in [2.24, 2.45) is 11.3 Å². The van der Waals surface area contributed by atoms with Gasteiger partial charge in [0, 0.05) is 22.5 Å². The first-order valence-electron chi connectivity index (χ1n) is 6.54. The van der Waals surface area contributed by atoms with Crippen molar-refractivity contribution < 1.29 is 13.5 Å². The highest BCUT2D eigenvalue weighted by Crippen LogP contribution is 2.52. The van der Waals surface area contributed by atoms with E-state index in [0.29, 0.717) is 0 Å². The molecule has 4 heteroatoms. The van der Waals surface area contributed by atoms with Gasteiger partial charge in [-0.3, -0.25) is 0 Å². The van der Waals surface area contributed by atoms with Gasteiger partial charge in [0.1, 0.15) is 17.4 Å². The summed E-state index contributed by atoms with van der Waals surface area (Å²) in [6.07, 6.45) is 3.20. The number of halogens is 3. The van der Waals surface area contributed by atoms with Crippen LogP contribution >= 0.6 is 15.9 Å². The standard InChI is InChI=1S/C15H19BrF2O/c1-15(2)6-4-5-10(15)14(16)13-11(17)7-9(19-3)8-12(13)18/h7-8,10,14H,4-6H2,1-3H3. The second kappa shape index (κ2) is 5.39. The minimum Gasteiger partial charge on any atom is -0.497 e. The first-order chi connectivity index (χ1) is 8.86. The Hall–Kier alpha value is -0.640. The van der Waals surface area contributed by atoms with Crippen LogP contribution in [0.3, 0.4) is 0 Å². The predicted octanol–water partition coefficient (Wildman–Crippen LogP) is 5.24. The second-order valence-corrected chi connectivity index (χ2v) is 6.88. The minimum atomic E-state index is -0.540. The number of hydrogen-bond acceptors (Lipinski definition) is 1. The van der Waals surface area contributed by atoms with Crippen LogP contribution in [0.4, 0.5) is 8.78 Å². The molecule has 106 valence electrons. The van der Waals surface area contributed by atoms with E-state index in [-0.39, 0.29) is 27.5 Å². The van der Waals surface area contributed by atoms with Gasteiger partial charge < -0.3 is 4.74 Å². The van der Waals surface area contributed by atoms with Gasteiger partial charge in [-0.15, -0.1) is 0 Å². The average molecular weight is 333 g/mol. The Balaban J connectivity index is 2.36. The fourth-order valence-corrected chi connectivity index (χ4v) is 4.46. The molecule has 2 rings (SSSR count). The maximum absolute atomic E-state index is 14.1. The molecule has 0 heterocycles. The topological polar surface area (TPSA) is 9.23 Å². The van der Waals surface area contributed by atoms with E-state index < -0.39 is 11.6 Å². The van der Waals surface area contributed by atoms with Crippen LogP contribution in [-0.4, -0.2) is 7.11 Å². The van der Waals surface area contributed by atoms with Crippen LogP contribution in [0, 0.1) is 23.0 Å². The maximum atomic E-state index is 14.1. The fourth-order valence-electron chi connectivity index (χ4n) is 3.04. The van der Waals surface area contributed by atoms with Gasteiger partial charge in [-0.25, -0.2) is 8.78 Å². The first kappa shape index (κ1) is 14.8. The molecule has 0 radical (unpaired) electrons. The largest absolute Gasteiger partial charge is 0.497 e. The molecule has 0 bridgehead atoms. The second-order valence-electron chi connectivity index (χ2n) is 5.89. The molecule has 0 N–H and O–H groups in total. The van der Waals surface area contributed by atoms with Crippen molar-refractivity contribution in [1.29, 1.82) is 0 Å². The van der Waals surface area contributed by atoms with Gasteiger partial charge in [0.25, 0.3) is 0 Å². The number of benzene rings is 1. The molecule has 19 heavy (non-hydrogen) atoms. The zero-order valence-corrected chi connectivity index (χ0v) is 13.1. The number of hydrogen-bond donors (Lipinski definition) is 0. The summed E-state index contributed by atoms with van der Waals surface area (Å²) in [6.45, 7) is 4.33. The number of methoxy groups -OCH3 is 1. The van der Waals surface area contributed by atoms with Crippen LogP contribution in [0.25, 0.3) is 0 Å². The third-order valence-corrected chi connectivity index (χ3v) is 5.35. The summed E-state index contributed by atoms with van der Waals surface area (Å²) in [5.74, 6) is -0.628. The van der Waals surface area contributed by atoms with Crippen molar-refractivity contribution in [3.63, 3.8) is 0 Å². The molecule has 0 aliphatic heterocycles. The minimum absolute atomic E-state index is 0.104. The molecule has 0 aromatic heterocycles. The smallest absolute Gasteiger partial charge is 0.134 e. The van der Waals surface area contributed by atoms with Crippen LogP contribution in [0.5, 0.6) is 5.75 Å². The lowest BCUT2D eigenvalue weighted by atomic mass is 9.78. The Morgan fingerprint density at radius 3 is 2.32 bits per heavy atom. The molecular formula is C15H19BrF2O. The SMILES string of the molecule is COc1cc(F)c(C(Br)C2CCCC2(C)C)c(F)c1. The van der Waals surface area contributed by atoms with E-state index >= 15 is 0 Å². The molecule has 1 fully saturated rings. The summed E-state index contributed by atoms with van der Waals surface area (Å²) in [4.78, 5) is -0.295. The fraction of sp³-hybridized carbons (Fsp3) is 0.600. The normalized spacial score (nSPS) is 23.4. The van der Waals surface area contributed by atoms with Crippen molar-refractivity contribution in [3.8, 4) is 5.75 Å². The third-order valence-electron chi connectivity index (χ3n) is 4.26. The maximum Gasteiger partial charge on any atom is 0.134 e. The molecule has 2 atom stereocenters. The summed E-state index contributed by atoms with van der Waals surface area (Å²) in [5, 5.41) is 0. The molecule has 1 aromatic rings. The quantitative estimate of drug-likeness (QED) is 0.688. The van der Waals surface area contributed by atoms with Crippen LogP contribution < -0.4 is 4.74 Å². The van der Waals surface area contributed by atoms with E-state index in [0.717, 1.165) is 19.3 Å². The van der Waals surface area contributed by atoms with Gasteiger partial charge >= 0.3 is 0 Å². The van der Waals surface area contributed by atoms with E-state index in [1.165, 1.54) is 19.2 Å². The average Bonchev–Trinajstić information content (AvgIpc) is 2.67. The Morgan fingerprint density at radius 2 is 1.89 bits per heavy atom. The van der Waals surface area contributed by atoms with E-state index in [9.17, 15) is 8.78 Å². The van der Waals surface area contributed by atoms with Crippen LogP contribution in [-0.2, 0) is 0 Å². The lowest BCUT2D eigenvalue weighted by molar-refractivity contribution is 0.252. The number of rotatable bonds is 3. The van der Waals surface area contributed by atoms with Gasteiger partial charge in [-0.2, -0.15) is 0 Å². The van der Waals surface area contributed by atoms with E-state index in [2.05, 4.69) is 29.8 Å². The summed E-state index contributed by atoms with van der Waals surface area (Å²) in [7, 11) is 1.40. The summed E-state index contributed by atoms with van der Waals surface area (Å²) < 4.78 is 33.1.